The first-order valence-corrected chi connectivity index (χ1v) is 9.24. The molecular formula is C17H29N3S. The van der Waals surface area contributed by atoms with E-state index in [4.69, 9.17) is 4.98 Å². The molecule has 2 rings (SSSR count). The van der Waals surface area contributed by atoms with Crippen molar-refractivity contribution < 1.29 is 0 Å². The fourth-order valence-electron chi connectivity index (χ4n) is 2.56. The van der Waals surface area contributed by atoms with Crippen LogP contribution in [0.25, 0.3) is 0 Å². The van der Waals surface area contributed by atoms with E-state index in [9.17, 15) is 0 Å². The maximum atomic E-state index is 4.79. The average molecular weight is 308 g/mol. The molecule has 0 amide bonds. The van der Waals surface area contributed by atoms with Crippen molar-refractivity contribution in [2.24, 2.45) is 5.92 Å². The maximum Gasteiger partial charge on any atom is 0.137 e. The van der Waals surface area contributed by atoms with Crippen molar-refractivity contribution in [2.75, 3.05) is 17.6 Å². The largest absolute Gasteiger partial charge is 0.370 e. The van der Waals surface area contributed by atoms with Crippen LogP contribution in [-0.4, -0.2) is 22.3 Å². The minimum Gasteiger partial charge on any atom is -0.370 e. The van der Waals surface area contributed by atoms with Crippen molar-refractivity contribution in [3.8, 4) is 0 Å². The molecule has 1 fully saturated rings. The fraction of sp³-hybridized carbons (Fsp3) is 0.765. The third-order valence-electron chi connectivity index (χ3n) is 3.87. The molecule has 0 atom stereocenters. The molecule has 1 aliphatic carbocycles. The van der Waals surface area contributed by atoms with E-state index < -0.39 is 0 Å². The summed E-state index contributed by atoms with van der Waals surface area (Å²) in [6.45, 7) is 9.67. The molecule has 21 heavy (non-hydrogen) atoms. The summed E-state index contributed by atoms with van der Waals surface area (Å²) in [5.74, 6) is 4.01. The molecule has 0 radical (unpaired) electrons. The standard InChI is InChI=1S/C17H29N3S/c1-5-10-18-14-11-15(20-16(19-14)17(2,3)4)21-12-13-8-6-7-9-13/h11,13H,5-10,12H2,1-4H3,(H,18,19,20). The lowest BCUT2D eigenvalue weighted by Gasteiger charge is -2.19. The molecule has 1 heterocycles. The maximum absolute atomic E-state index is 4.79. The normalized spacial score (nSPS) is 16.4. The smallest absolute Gasteiger partial charge is 0.137 e. The molecule has 4 heteroatoms. The Kier molecular flexibility index (Phi) is 5.91. The van der Waals surface area contributed by atoms with Crippen molar-refractivity contribution in [2.45, 2.75) is 70.2 Å². The van der Waals surface area contributed by atoms with Crippen LogP contribution in [0.4, 0.5) is 5.82 Å². The number of hydrogen-bond acceptors (Lipinski definition) is 4. The van der Waals surface area contributed by atoms with Gasteiger partial charge in [0.2, 0.25) is 0 Å². The zero-order valence-corrected chi connectivity index (χ0v) is 14.7. The average Bonchev–Trinajstić information content (AvgIpc) is 2.95. The van der Waals surface area contributed by atoms with E-state index in [0.29, 0.717) is 0 Å². The van der Waals surface area contributed by atoms with Crippen molar-refractivity contribution in [3.63, 3.8) is 0 Å². The number of rotatable bonds is 6. The lowest BCUT2D eigenvalue weighted by Crippen LogP contribution is -2.18. The van der Waals surface area contributed by atoms with Gasteiger partial charge in [-0.1, -0.05) is 40.5 Å². The van der Waals surface area contributed by atoms with Gasteiger partial charge in [0.05, 0.1) is 0 Å². The summed E-state index contributed by atoms with van der Waals surface area (Å²) in [4.78, 5) is 9.47. The quantitative estimate of drug-likeness (QED) is 0.600. The zero-order chi connectivity index (χ0) is 15.3. The summed E-state index contributed by atoms with van der Waals surface area (Å²) in [6.07, 6.45) is 6.72. The predicted octanol–water partition coefficient (Wildman–Crippen LogP) is 4.88. The number of thioether (sulfide) groups is 1. The van der Waals surface area contributed by atoms with Crippen LogP contribution in [0.5, 0.6) is 0 Å². The SMILES string of the molecule is CCCNc1cc(SCC2CCCC2)nc(C(C)(C)C)n1. The molecule has 1 aromatic heterocycles. The summed E-state index contributed by atoms with van der Waals surface area (Å²) in [7, 11) is 0. The van der Waals surface area contributed by atoms with Gasteiger partial charge in [0.25, 0.3) is 0 Å². The highest BCUT2D eigenvalue weighted by Gasteiger charge is 2.20. The topological polar surface area (TPSA) is 37.8 Å². The third-order valence-corrected chi connectivity index (χ3v) is 5.01. The molecule has 3 nitrogen and oxygen atoms in total. The highest BCUT2D eigenvalue weighted by Crippen LogP contribution is 2.31. The molecule has 0 aromatic carbocycles. The molecule has 0 bridgehead atoms. The first-order chi connectivity index (χ1) is 9.99. The number of hydrogen-bond donors (Lipinski definition) is 1. The molecule has 1 N–H and O–H groups in total. The predicted molar refractivity (Wildman–Crippen MR) is 92.2 cm³/mol. The van der Waals surface area contributed by atoms with Gasteiger partial charge in [-0.15, -0.1) is 11.8 Å². The molecule has 0 aliphatic heterocycles. The van der Waals surface area contributed by atoms with Gasteiger partial charge in [-0.3, -0.25) is 0 Å². The van der Waals surface area contributed by atoms with Crippen LogP contribution < -0.4 is 5.32 Å². The monoisotopic (exact) mass is 307 g/mol. The van der Waals surface area contributed by atoms with E-state index in [1.165, 1.54) is 31.4 Å². The Hall–Kier alpha value is -0.770. The van der Waals surface area contributed by atoms with Gasteiger partial charge in [0.1, 0.15) is 16.7 Å². The lowest BCUT2D eigenvalue weighted by atomic mass is 9.96. The Morgan fingerprint density at radius 2 is 1.95 bits per heavy atom. The van der Waals surface area contributed by atoms with E-state index in [0.717, 1.165) is 35.6 Å². The number of nitrogens with zero attached hydrogens (tertiary/aromatic N) is 2. The van der Waals surface area contributed by atoms with Gasteiger partial charge in [-0.25, -0.2) is 9.97 Å². The molecule has 0 saturated heterocycles. The summed E-state index contributed by atoms with van der Waals surface area (Å²) in [6, 6.07) is 2.12. The van der Waals surface area contributed by atoms with Crippen LogP contribution in [0.1, 0.15) is 65.6 Å². The van der Waals surface area contributed by atoms with E-state index >= 15 is 0 Å². The molecule has 1 saturated carbocycles. The summed E-state index contributed by atoms with van der Waals surface area (Å²) < 4.78 is 0. The minimum absolute atomic E-state index is 0.00737. The minimum atomic E-state index is -0.00737. The molecule has 0 spiro atoms. The van der Waals surface area contributed by atoms with Gasteiger partial charge in [0, 0.05) is 23.8 Å². The highest BCUT2D eigenvalue weighted by molar-refractivity contribution is 7.99. The first kappa shape index (κ1) is 16.6. The van der Waals surface area contributed by atoms with E-state index in [1.807, 2.05) is 11.8 Å². The van der Waals surface area contributed by atoms with Crippen LogP contribution in [0.2, 0.25) is 0 Å². The van der Waals surface area contributed by atoms with Gasteiger partial charge in [-0.2, -0.15) is 0 Å². The summed E-state index contributed by atoms with van der Waals surface area (Å²) >= 11 is 1.90. The Bertz CT molecular complexity index is 448. The molecular weight excluding hydrogens is 278 g/mol. The lowest BCUT2D eigenvalue weighted by molar-refractivity contribution is 0.539. The van der Waals surface area contributed by atoms with E-state index in [2.05, 4.69) is 44.1 Å². The van der Waals surface area contributed by atoms with Gasteiger partial charge >= 0.3 is 0 Å². The van der Waals surface area contributed by atoms with Crippen molar-refractivity contribution in [1.29, 1.82) is 0 Å². The number of anilines is 1. The van der Waals surface area contributed by atoms with Crippen LogP contribution in [0.3, 0.4) is 0 Å². The Morgan fingerprint density at radius 3 is 2.57 bits per heavy atom. The second-order valence-electron chi connectivity index (χ2n) is 7.05. The second kappa shape index (κ2) is 7.48. The van der Waals surface area contributed by atoms with Gasteiger partial charge in [-0.05, 0) is 25.2 Å². The van der Waals surface area contributed by atoms with Crippen LogP contribution in [0, 0.1) is 5.92 Å². The van der Waals surface area contributed by atoms with E-state index in [1.54, 1.807) is 0 Å². The Balaban J connectivity index is 2.09. The molecule has 0 unspecified atom stereocenters. The van der Waals surface area contributed by atoms with Crippen molar-refractivity contribution in [3.05, 3.63) is 11.9 Å². The van der Waals surface area contributed by atoms with E-state index in [-0.39, 0.29) is 5.41 Å². The van der Waals surface area contributed by atoms with Crippen LogP contribution >= 0.6 is 11.8 Å². The van der Waals surface area contributed by atoms with Crippen molar-refractivity contribution in [1.82, 2.24) is 9.97 Å². The van der Waals surface area contributed by atoms with Crippen molar-refractivity contribution >= 4 is 17.6 Å². The number of aromatic nitrogens is 2. The first-order valence-electron chi connectivity index (χ1n) is 8.25. The molecule has 1 aliphatic rings. The van der Waals surface area contributed by atoms with Crippen LogP contribution in [0.15, 0.2) is 11.1 Å². The van der Waals surface area contributed by atoms with Gasteiger partial charge in [0.15, 0.2) is 0 Å². The number of nitrogens with one attached hydrogen (secondary N) is 1. The van der Waals surface area contributed by atoms with Crippen LogP contribution in [-0.2, 0) is 5.41 Å². The second-order valence-corrected chi connectivity index (χ2v) is 8.09. The highest BCUT2D eigenvalue weighted by atomic mass is 32.2. The Morgan fingerprint density at radius 1 is 1.24 bits per heavy atom. The summed E-state index contributed by atoms with van der Waals surface area (Å²) in [5, 5.41) is 4.54. The van der Waals surface area contributed by atoms with Gasteiger partial charge < -0.3 is 5.32 Å². The molecule has 1 aromatic rings. The molecule has 118 valence electrons. The zero-order valence-electron chi connectivity index (χ0n) is 13.9. The summed E-state index contributed by atoms with van der Waals surface area (Å²) in [5.41, 5.74) is -0.00737. The fourth-order valence-corrected chi connectivity index (χ4v) is 3.64. The third kappa shape index (κ3) is 5.17. The Labute approximate surface area is 133 Å².